The number of hydrogen-bond donors (Lipinski definition) is 2. The van der Waals surface area contributed by atoms with E-state index in [1.54, 1.807) is 19.9 Å². The maximum absolute atomic E-state index is 12.1. The van der Waals surface area contributed by atoms with Gasteiger partial charge in [-0.2, -0.15) is 9.98 Å². The number of carboxylic acids is 1. The molecule has 1 atom stereocenters. The summed E-state index contributed by atoms with van der Waals surface area (Å²) in [6.45, 7) is 3.19. The second kappa shape index (κ2) is 5.82. The molecule has 0 aliphatic carbocycles. The molecule has 0 unspecified atom stereocenters. The number of nitrogens with zero attached hydrogens (tertiary/aromatic N) is 1. The molecule has 0 aliphatic heterocycles. The van der Waals surface area contributed by atoms with Crippen LogP contribution in [-0.4, -0.2) is 25.5 Å². The van der Waals surface area contributed by atoms with Crippen LogP contribution in [0.1, 0.15) is 19.4 Å². The number of nitriles is 1. The Morgan fingerprint density at radius 3 is 2.42 bits per heavy atom. The molecule has 0 saturated heterocycles. The Bertz CT molecular complexity index is 617. The molecule has 0 amide bonds. The van der Waals surface area contributed by atoms with Gasteiger partial charge in [0, 0.05) is 0 Å². The second-order valence-corrected chi connectivity index (χ2v) is 5.97. The molecule has 0 spiro atoms. The van der Waals surface area contributed by atoms with Crippen LogP contribution in [0.5, 0.6) is 0 Å². The lowest BCUT2D eigenvalue weighted by Crippen LogP contribution is -2.44. The Morgan fingerprint density at radius 2 is 1.95 bits per heavy atom. The standard InChI is InChI=1S/C12H14N2O4S/c1-8(2)11(12(15)16)14-19(17,18)10-6-4-3-5-9(10)7-13/h3-6,8,11,14H,1-2H3,(H,15,16)/t11-/m1/s1. The van der Waals surface area contributed by atoms with Gasteiger partial charge in [0.2, 0.25) is 10.0 Å². The molecule has 7 heteroatoms. The summed E-state index contributed by atoms with van der Waals surface area (Å²) < 4.78 is 26.3. The predicted octanol–water partition coefficient (Wildman–Crippen LogP) is 0.946. The molecule has 1 aromatic rings. The molecule has 0 aromatic heterocycles. The summed E-state index contributed by atoms with van der Waals surface area (Å²) in [5, 5.41) is 17.9. The molecule has 1 rings (SSSR count). The summed E-state index contributed by atoms with van der Waals surface area (Å²) in [4.78, 5) is 10.8. The van der Waals surface area contributed by atoms with Crippen molar-refractivity contribution in [2.24, 2.45) is 5.92 Å². The van der Waals surface area contributed by atoms with Crippen molar-refractivity contribution in [1.82, 2.24) is 4.72 Å². The van der Waals surface area contributed by atoms with Gasteiger partial charge in [0.1, 0.15) is 12.1 Å². The van der Waals surface area contributed by atoms with E-state index in [4.69, 9.17) is 10.4 Å². The molecule has 6 nitrogen and oxygen atoms in total. The Morgan fingerprint density at radius 1 is 1.37 bits per heavy atom. The molecule has 0 aliphatic rings. The summed E-state index contributed by atoms with van der Waals surface area (Å²) in [5.74, 6) is -1.67. The molecule has 0 heterocycles. The first-order valence-electron chi connectivity index (χ1n) is 5.54. The highest BCUT2D eigenvalue weighted by atomic mass is 32.2. The third-order valence-corrected chi connectivity index (χ3v) is 4.01. The molecule has 19 heavy (non-hydrogen) atoms. The molecule has 1 aromatic carbocycles. The summed E-state index contributed by atoms with van der Waals surface area (Å²) in [6.07, 6.45) is 0. The Kier molecular flexibility index (Phi) is 4.64. The molecule has 0 saturated carbocycles. The van der Waals surface area contributed by atoms with Crippen LogP contribution in [0.25, 0.3) is 0 Å². The number of sulfonamides is 1. The minimum absolute atomic E-state index is 0.0251. The van der Waals surface area contributed by atoms with E-state index < -0.39 is 28.0 Å². The van der Waals surface area contributed by atoms with Crippen molar-refractivity contribution in [3.63, 3.8) is 0 Å². The lowest BCUT2D eigenvalue weighted by molar-refractivity contribution is -0.140. The van der Waals surface area contributed by atoms with Gasteiger partial charge in [-0.05, 0) is 18.1 Å². The van der Waals surface area contributed by atoms with Gasteiger partial charge in [-0.1, -0.05) is 26.0 Å². The fraction of sp³-hybridized carbons (Fsp3) is 0.333. The SMILES string of the molecule is CC(C)[C@@H](NS(=O)(=O)c1ccccc1C#N)C(=O)O. The maximum atomic E-state index is 12.1. The monoisotopic (exact) mass is 282 g/mol. The number of aliphatic carboxylic acids is 1. The Labute approximate surface area is 111 Å². The normalized spacial score (nSPS) is 12.9. The van der Waals surface area contributed by atoms with Crippen LogP contribution in [-0.2, 0) is 14.8 Å². The molecule has 0 radical (unpaired) electrons. The van der Waals surface area contributed by atoms with Crippen molar-refractivity contribution in [2.45, 2.75) is 24.8 Å². The predicted molar refractivity (Wildman–Crippen MR) is 67.7 cm³/mol. The quantitative estimate of drug-likeness (QED) is 0.836. The van der Waals surface area contributed by atoms with E-state index in [2.05, 4.69) is 4.72 Å². The minimum atomic E-state index is -4.05. The summed E-state index contributed by atoms with van der Waals surface area (Å²) in [5.41, 5.74) is -0.0251. The van der Waals surface area contributed by atoms with Crippen LogP contribution in [0, 0.1) is 17.2 Å². The molecule has 0 fully saturated rings. The van der Waals surface area contributed by atoms with E-state index in [0.717, 1.165) is 0 Å². The fourth-order valence-electron chi connectivity index (χ4n) is 1.50. The number of carbonyl (C=O) groups is 1. The molecular weight excluding hydrogens is 268 g/mol. The smallest absolute Gasteiger partial charge is 0.322 e. The van der Waals surface area contributed by atoms with Crippen molar-refractivity contribution in [3.8, 4) is 6.07 Å². The first kappa shape index (κ1) is 15.1. The number of carboxylic acid groups (broad SMARTS) is 1. The lowest BCUT2D eigenvalue weighted by atomic mass is 10.1. The first-order valence-corrected chi connectivity index (χ1v) is 7.02. The lowest BCUT2D eigenvalue weighted by Gasteiger charge is -2.18. The summed E-state index contributed by atoms with van der Waals surface area (Å²) in [6, 6.07) is 6.16. The average molecular weight is 282 g/mol. The van der Waals surface area contributed by atoms with E-state index in [0.29, 0.717) is 0 Å². The zero-order valence-corrected chi connectivity index (χ0v) is 11.3. The Hall–Kier alpha value is -1.91. The van der Waals surface area contributed by atoms with E-state index in [9.17, 15) is 13.2 Å². The summed E-state index contributed by atoms with van der Waals surface area (Å²) in [7, 11) is -4.05. The molecule has 102 valence electrons. The van der Waals surface area contributed by atoms with Gasteiger partial charge >= 0.3 is 5.97 Å². The Balaban J connectivity index is 3.19. The van der Waals surface area contributed by atoms with Crippen LogP contribution in [0.3, 0.4) is 0 Å². The number of rotatable bonds is 5. The maximum Gasteiger partial charge on any atom is 0.322 e. The first-order chi connectivity index (χ1) is 8.79. The zero-order chi connectivity index (χ0) is 14.6. The topological polar surface area (TPSA) is 107 Å². The second-order valence-electron chi connectivity index (χ2n) is 4.29. The van der Waals surface area contributed by atoms with Gasteiger partial charge < -0.3 is 5.11 Å². The molecule has 2 N–H and O–H groups in total. The highest BCUT2D eigenvalue weighted by Crippen LogP contribution is 2.16. The highest BCUT2D eigenvalue weighted by Gasteiger charge is 2.29. The number of nitrogens with one attached hydrogen (secondary N) is 1. The third-order valence-electron chi connectivity index (χ3n) is 2.51. The van der Waals surface area contributed by atoms with Crippen LogP contribution in [0.2, 0.25) is 0 Å². The van der Waals surface area contributed by atoms with Gasteiger partial charge in [0.05, 0.1) is 10.5 Å². The van der Waals surface area contributed by atoms with E-state index in [-0.39, 0.29) is 10.5 Å². The number of hydrogen-bond acceptors (Lipinski definition) is 4. The van der Waals surface area contributed by atoms with Crippen molar-refractivity contribution < 1.29 is 18.3 Å². The minimum Gasteiger partial charge on any atom is -0.480 e. The van der Waals surface area contributed by atoms with Crippen molar-refractivity contribution in [3.05, 3.63) is 29.8 Å². The van der Waals surface area contributed by atoms with Crippen LogP contribution in [0.4, 0.5) is 0 Å². The molecule has 0 bridgehead atoms. The van der Waals surface area contributed by atoms with Gasteiger partial charge in [-0.25, -0.2) is 8.42 Å². The van der Waals surface area contributed by atoms with E-state index in [1.165, 1.54) is 24.3 Å². The fourth-order valence-corrected chi connectivity index (χ4v) is 2.99. The zero-order valence-electron chi connectivity index (χ0n) is 10.5. The van der Waals surface area contributed by atoms with Gasteiger partial charge in [0.15, 0.2) is 0 Å². The van der Waals surface area contributed by atoms with Crippen molar-refractivity contribution in [2.75, 3.05) is 0 Å². The van der Waals surface area contributed by atoms with E-state index >= 15 is 0 Å². The van der Waals surface area contributed by atoms with Crippen molar-refractivity contribution >= 4 is 16.0 Å². The number of benzene rings is 1. The van der Waals surface area contributed by atoms with Gasteiger partial charge in [-0.15, -0.1) is 0 Å². The largest absolute Gasteiger partial charge is 0.480 e. The van der Waals surface area contributed by atoms with Crippen LogP contribution < -0.4 is 4.72 Å². The van der Waals surface area contributed by atoms with Gasteiger partial charge in [-0.3, -0.25) is 4.79 Å². The molecular formula is C12H14N2O4S. The van der Waals surface area contributed by atoms with Crippen LogP contribution >= 0.6 is 0 Å². The van der Waals surface area contributed by atoms with Crippen molar-refractivity contribution in [1.29, 1.82) is 5.26 Å². The average Bonchev–Trinajstić information content (AvgIpc) is 2.35. The third kappa shape index (κ3) is 3.53. The van der Waals surface area contributed by atoms with Gasteiger partial charge in [0.25, 0.3) is 0 Å². The highest BCUT2D eigenvalue weighted by molar-refractivity contribution is 7.89. The van der Waals surface area contributed by atoms with E-state index in [1.807, 2.05) is 0 Å². The van der Waals surface area contributed by atoms with Crippen LogP contribution in [0.15, 0.2) is 29.2 Å². The summed E-state index contributed by atoms with van der Waals surface area (Å²) >= 11 is 0.